The molecule has 2 heterocycles. The van der Waals surface area contributed by atoms with E-state index in [9.17, 15) is 9.18 Å². The standard InChI is InChI=1S/C15H20FN5O/c1-19(10-15(16)6-4-7-15)14(22)11-9-20(2)18-13(11)12-5-8-17-21(12)3/h5,8-9H,4,6-7,10H2,1-3H3. The Morgan fingerprint density at radius 1 is 1.45 bits per heavy atom. The molecule has 1 fully saturated rings. The van der Waals surface area contributed by atoms with Crippen molar-refractivity contribution in [1.29, 1.82) is 0 Å². The van der Waals surface area contributed by atoms with Crippen molar-refractivity contribution in [3.63, 3.8) is 0 Å². The molecule has 0 unspecified atom stereocenters. The van der Waals surface area contributed by atoms with E-state index in [1.54, 1.807) is 42.9 Å². The van der Waals surface area contributed by atoms with Crippen LogP contribution < -0.4 is 0 Å². The number of amides is 1. The van der Waals surface area contributed by atoms with E-state index in [4.69, 9.17) is 0 Å². The quantitative estimate of drug-likeness (QED) is 0.865. The molecule has 0 saturated heterocycles. The van der Waals surface area contributed by atoms with E-state index in [0.29, 0.717) is 24.1 Å². The maximum Gasteiger partial charge on any atom is 0.257 e. The Kier molecular flexibility index (Phi) is 3.50. The fourth-order valence-corrected chi connectivity index (χ4v) is 2.86. The van der Waals surface area contributed by atoms with E-state index in [1.807, 2.05) is 6.07 Å². The molecule has 6 nitrogen and oxygen atoms in total. The van der Waals surface area contributed by atoms with Gasteiger partial charge in [0.1, 0.15) is 11.4 Å². The third-order valence-electron chi connectivity index (χ3n) is 4.24. The van der Waals surface area contributed by atoms with Gasteiger partial charge >= 0.3 is 0 Å². The second kappa shape index (κ2) is 5.23. The molecule has 1 aliphatic rings. The minimum atomic E-state index is -1.22. The monoisotopic (exact) mass is 305 g/mol. The summed E-state index contributed by atoms with van der Waals surface area (Å²) in [7, 11) is 5.20. The summed E-state index contributed by atoms with van der Waals surface area (Å²) in [6, 6.07) is 1.81. The number of alkyl halides is 1. The number of aromatic nitrogens is 4. The Balaban J connectivity index is 1.88. The smallest absolute Gasteiger partial charge is 0.257 e. The van der Waals surface area contributed by atoms with Gasteiger partial charge in [-0.2, -0.15) is 10.2 Å². The first-order valence-electron chi connectivity index (χ1n) is 7.36. The molecule has 0 aliphatic heterocycles. The molecule has 3 rings (SSSR count). The lowest BCUT2D eigenvalue weighted by Gasteiger charge is -2.36. The lowest BCUT2D eigenvalue weighted by Crippen LogP contribution is -2.45. The van der Waals surface area contributed by atoms with E-state index in [1.165, 1.54) is 4.90 Å². The molecule has 22 heavy (non-hydrogen) atoms. The van der Waals surface area contributed by atoms with Gasteiger partial charge in [0.05, 0.1) is 17.8 Å². The molecule has 2 aromatic heterocycles. The number of carbonyl (C=O) groups is 1. The average molecular weight is 305 g/mol. The molecule has 0 atom stereocenters. The highest BCUT2D eigenvalue weighted by atomic mass is 19.1. The zero-order valence-electron chi connectivity index (χ0n) is 13.1. The van der Waals surface area contributed by atoms with E-state index in [0.717, 1.165) is 12.1 Å². The molecule has 0 aromatic carbocycles. The summed E-state index contributed by atoms with van der Waals surface area (Å²) in [6.07, 6.45) is 5.30. The van der Waals surface area contributed by atoms with Crippen LogP contribution in [0.4, 0.5) is 4.39 Å². The van der Waals surface area contributed by atoms with Crippen LogP contribution in [0.25, 0.3) is 11.4 Å². The van der Waals surface area contributed by atoms with Crippen LogP contribution in [0.5, 0.6) is 0 Å². The second-order valence-corrected chi connectivity index (χ2v) is 6.07. The van der Waals surface area contributed by atoms with Crippen molar-refractivity contribution < 1.29 is 9.18 Å². The van der Waals surface area contributed by atoms with Crippen LogP contribution in [-0.4, -0.2) is 49.6 Å². The Bertz CT molecular complexity index is 701. The number of carbonyl (C=O) groups excluding carboxylic acids is 1. The van der Waals surface area contributed by atoms with Gasteiger partial charge in [-0.25, -0.2) is 4.39 Å². The predicted molar refractivity (Wildman–Crippen MR) is 80.1 cm³/mol. The minimum absolute atomic E-state index is 0.131. The fourth-order valence-electron chi connectivity index (χ4n) is 2.86. The second-order valence-electron chi connectivity index (χ2n) is 6.07. The summed E-state index contributed by atoms with van der Waals surface area (Å²) in [5.41, 5.74) is 0.576. The topological polar surface area (TPSA) is 56.0 Å². The van der Waals surface area contributed by atoms with Gasteiger partial charge in [0.15, 0.2) is 0 Å². The highest BCUT2D eigenvalue weighted by Gasteiger charge is 2.39. The van der Waals surface area contributed by atoms with Crippen molar-refractivity contribution in [2.24, 2.45) is 14.1 Å². The number of rotatable bonds is 4. The first-order valence-corrected chi connectivity index (χ1v) is 7.36. The maximum absolute atomic E-state index is 14.2. The van der Waals surface area contributed by atoms with Crippen LogP contribution in [0, 0.1) is 0 Å². The summed E-state index contributed by atoms with van der Waals surface area (Å²) in [4.78, 5) is 14.1. The van der Waals surface area contributed by atoms with E-state index >= 15 is 0 Å². The first kappa shape index (κ1) is 14.7. The Labute approximate surface area is 128 Å². The third kappa shape index (κ3) is 2.51. The molecule has 1 aliphatic carbocycles. The molecule has 2 aromatic rings. The van der Waals surface area contributed by atoms with Crippen molar-refractivity contribution in [2.75, 3.05) is 13.6 Å². The van der Waals surface area contributed by atoms with Crippen LogP contribution >= 0.6 is 0 Å². The van der Waals surface area contributed by atoms with Crippen LogP contribution in [-0.2, 0) is 14.1 Å². The van der Waals surface area contributed by atoms with Gasteiger partial charge in [-0.1, -0.05) is 0 Å². The largest absolute Gasteiger partial charge is 0.338 e. The molecular formula is C15H20FN5O. The van der Waals surface area contributed by atoms with Crippen molar-refractivity contribution in [3.05, 3.63) is 24.0 Å². The van der Waals surface area contributed by atoms with E-state index in [2.05, 4.69) is 10.2 Å². The minimum Gasteiger partial charge on any atom is -0.338 e. The summed E-state index contributed by atoms with van der Waals surface area (Å²) < 4.78 is 17.5. The zero-order chi connectivity index (χ0) is 15.9. The molecule has 1 amide bonds. The molecule has 7 heteroatoms. The molecule has 118 valence electrons. The number of aryl methyl sites for hydroxylation is 2. The van der Waals surface area contributed by atoms with Crippen molar-refractivity contribution in [1.82, 2.24) is 24.5 Å². The van der Waals surface area contributed by atoms with Crippen molar-refractivity contribution >= 4 is 5.91 Å². The molecular weight excluding hydrogens is 285 g/mol. The fraction of sp³-hybridized carbons (Fsp3) is 0.533. The van der Waals surface area contributed by atoms with Crippen LogP contribution in [0.15, 0.2) is 18.5 Å². The molecule has 0 N–H and O–H groups in total. The summed E-state index contributed by atoms with van der Waals surface area (Å²) >= 11 is 0. The molecule has 1 saturated carbocycles. The number of hydrogen-bond donors (Lipinski definition) is 0. The summed E-state index contributed by atoms with van der Waals surface area (Å²) in [6.45, 7) is 0.131. The Morgan fingerprint density at radius 3 is 2.73 bits per heavy atom. The maximum atomic E-state index is 14.2. The van der Waals surface area contributed by atoms with Gasteiger partial charge in [0.2, 0.25) is 0 Å². The lowest BCUT2D eigenvalue weighted by molar-refractivity contribution is 0.0253. The number of hydrogen-bond acceptors (Lipinski definition) is 3. The number of halogens is 1. The first-order chi connectivity index (χ1) is 10.4. The van der Waals surface area contributed by atoms with Gasteiger partial charge in [0.25, 0.3) is 5.91 Å². The highest BCUT2D eigenvalue weighted by molar-refractivity contribution is 5.99. The van der Waals surface area contributed by atoms with Gasteiger partial charge in [0, 0.05) is 33.5 Å². The number of nitrogens with zero attached hydrogens (tertiary/aromatic N) is 5. The molecule has 0 bridgehead atoms. The lowest BCUT2D eigenvalue weighted by atomic mass is 9.81. The van der Waals surface area contributed by atoms with E-state index < -0.39 is 5.67 Å². The van der Waals surface area contributed by atoms with Crippen LogP contribution in [0.1, 0.15) is 29.6 Å². The van der Waals surface area contributed by atoms with Crippen LogP contribution in [0.3, 0.4) is 0 Å². The van der Waals surface area contributed by atoms with Gasteiger partial charge in [-0.15, -0.1) is 0 Å². The van der Waals surface area contributed by atoms with Crippen molar-refractivity contribution in [3.8, 4) is 11.4 Å². The van der Waals surface area contributed by atoms with Gasteiger partial charge < -0.3 is 4.90 Å². The predicted octanol–water partition coefficient (Wildman–Crippen LogP) is 1.78. The van der Waals surface area contributed by atoms with Gasteiger partial charge in [-0.05, 0) is 25.3 Å². The Morgan fingerprint density at radius 2 is 2.18 bits per heavy atom. The van der Waals surface area contributed by atoms with Gasteiger partial charge in [-0.3, -0.25) is 14.2 Å². The van der Waals surface area contributed by atoms with E-state index in [-0.39, 0.29) is 12.5 Å². The third-order valence-corrected chi connectivity index (χ3v) is 4.24. The SMILES string of the molecule is CN(CC1(F)CCC1)C(=O)c1cn(C)nc1-c1ccnn1C. The Hall–Kier alpha value is -2.18. The molecule has 0 radical (unpaired) electrons. The van der Waals surface area contributed by atoms with Crippen LogP contribution in [0.2, 0.25) is 0 Å². The molecule has 0 spiro atoms. The summed E-state index contributed by atoms with van der Waals surface area (Å²) in [5, 5.41) is 8.47. The van der Waals surface area contributed by atoms with Crippen molar-refractivity contribution in [2.45, 2.75) is 24.9 Å². The summed E-state index contributed by atoms with van der Waals surface area (Å²) in [5.74, 6) is -0.215. The normalized spacial score (nSPS) is 16.4. The highest BCUT2D eigenvalue weighted by Crippen LogP contribution is 2.36. The average Bonchev–Trinajstić information content (AvgIpc) is 3.01. The zero-order valence-corrected chi connectivity index (χ0v) is 13.1.